The van der Waals surface area contributed by atoms with Gasteiger partial charge in [-0.05, 0) is 49.4 Å². The zero-order valence-corrected chi connectivity index (χ0v) is 20.0. The SMILES string of the molecule is COc1ccc2c3c([nH]c2c1)C(=O)N(Cc1ccccc1F)CC31CCN(C(=O)C2CCC2)CC1. The number of ether oxygens (including phenoxy) is 1. The highest BCUT2D eigenvalue weighted by molar-refractivity contribution is 6.03. The summed E-state index contributed by atoms with van der Waals surface area (Å²) >= 11 is 0. The van der Waals surface area contributed by atoms with E-state index >= 15 is 0 Å². The largest absolute Gasteiger partial charge is 0.497 e. The molecule has 2 aliphatic heterocycles. The highest BCUT2D eigenvalue weighted by Gasteiger charge is 2.48. The van der Waals surface area contributed by atoms with Crippen LogP contribution in [0.4, 0.5) is 4.39 Å². The maximum atomic E-state index is 14.5. The van der Waals surface area contributed by atoms with E-state index in [9.17, 15) is 14.0 Å². The number of H-pyrrole nitrogens is 1. The van der Waals surface area contributed by atoms with Crippen molar-refractivity contribution in [1.82, 2.24) is 14.8 Å². The van der Waals surface area contributed by atoms with Gasteiger partial charge in [0, 0.05) is 60.0 Å². The molecule has 2 amide bonds. The Hall–Kier alpha value is -3.35. The number of aromatic nitrogens is 1. The Bertz CT molecular complexity index is 1300. The van der Waals surface area contributed by atoms with Crippen LogP contribution in [0.25, 0.3) is 10.9 Å². The summed E-state index contributed by atoms with van der Waals surface area (Å²) < 4.78 is 19.9. The monoisotopic (exact) mass is 475 g/mol. The summed E-state index contributed by atoms with van der Waals surface area (Å²) in [5, 5.41) is 1.03. The summed E-state index contributed by atoms with van der Waals surface area (Å²) in [7, 11) is 1.63. The van der Waals surface area contributed by atoms with Gasteiger partial charge in [-0.15, -0.1) is 0 Å². The normalized spacial score (nSPS) is 19.7. The van der Waals surface area contributed by atoms with Gasteiger partial charge in [-0.1, -0.05) is 24.6 Å². The van der Waals surface area contributed by atoms with Crippen LogP contribution in [0.15, 0.2) is 42.5 Å². The number of rotatable bonds is 4. The van der Waals surface area contributed by atoms with E-state index < -0.39 is 0 Å². The zero-order valence-electron chi connectivity index (χ0n) is 20.0. The quantitative estimate of drug-likeness (QED) is 0.598. The van der Waals surface area contributed by atoms with Crippen LogP contribution in [-0.4, -0.2) is 53.3 Å². The van der Waals surface area contributed by atoms with Crippen molar-refractivity contribution in [3.05, 3.63) is 65.1 Å². The van der Waals surface area contributed by atoms with Gasteiger partial charge in [-0.2, -0.15) is 0 Å². The molecular weight excluding hydrogens is 445 g/mol. The maximum Gasteiger partial charge on any atom is 0.270 e. The van der Waals surface area contributed by atoms with Gasteiger partial charge in [0.15, 0.2) is 0 Å². The second kappa shape index (κ2) is 8.40. The molecule has 0 unspecified atom stereocenters. The van der Waals surface area contributed by atoms with Crippen molar-refractivity contribution in [2.24, 2.45) is 5.92 Å². The Kier molecular flexibility index (Phi) is 5.31. The minimum absolute atomic E-state index is 0.114. The number of benzene rings is 2. The van der Waals surface area contributed by atoms with Gasteiger partial charge in [0.2, 0.25) is 5.91 Å². The number of amides is 2. The van der Waals surface area contributed by atoms with Crippen molar-refractivity contribution < 1.29 is 18.7 Å². The molecule has 0 radical (unpaired) electrons. The van der Waals surface area contributed by atoms with Crippen molar-refractivity contribution in [3.8, 4) is 5.75 Å². The van der Waals surface area contributed by atoms with E-state index in [-0.39, 0.29) is 35.5 Å². The summed E-state index contributed by atoms with van der Waals surface area (Å²) in [6, 6.07) is 12.5. The molecule has 1 saturated carbocycles. The van der Waals surface area contributed by atoms with Crippen LogP contribution in [0.5, 0.6) is 5.75 Å². The number of likely N-dealkylation sites (tertiary alicyclic amines) is 1. The molecule has 3 heterocycles. The molecule has 2 fully saturated rings. The molecule has 6 rings (SSSR count). The average molecular weight is 476 g/mol. The summed E-state index contributed by atoms with van der Waals surface area (Å²) in [6.45, 7) is 2.09. The molecule has 1 N–H and O–H groups in total. The Labute approximate surface area is 204 Å². The van der Waals surface area contributed by atoms with E-state index in [0.717, 1.165) is 54.3 Å². The number of fused-ring (bicyclic) bond motifs is 4. The minimum Gasteiger partial charge on any atom is -0.497 e. The van der Waals surface area contributed by atoms with Crippen molar-refractivity contribution in [1.29, 1.82) is 0 Å². The lowest BCUT2D eigenvalue weighted by Crippen LogP contribution is -2.55. The van der Waals surface area contributed by atoms with Gasteiger partial charge >= 0.3 is 0 Å². The fourth-order valence-corrected chi connectivity index (χ4v) is 6.13. The number of halogens is 1. The number of hydrogen-bond donors (Lipinski definition) is 1. The number of carbonyl (C=O) groups excluding carboxylic acids is 2. The number of nitrogens with one attached hydrogen (secondary N) is 1. The molecule has 1 spiro atoms. The number of piperidine rings is 1. The standard InChI is InChI=1S/C28H30FN3O3/c1-35-20-9-10-21-23(15-20)30-25-24(21)28(11-13-31(14-12-28)26(33)18-6-4-7-18)17-32(27(25)34)16-19-5-2-3-8-22(19)29/h2-3,5,8-10,15,18,30H,4,6-7,11-14,16-17H2,1H3. The summed E-state index contributed by atoms with van der Waals surface area (Å²) in [6.07, 6.45) is 4.69. The van der Waals surface area contributed by atoms with Crippen molar-refractivity contribution in [2.75, 3.05) is 26.7 Å². The van der Waals surface area contributed by atoms with E-state index in [0.29, 0.717) is 30.9 Å². The maximum absolute atomic E-state index is 14.5. The van der Waals surface area contributed by atoms with Crippen molar-refractivity contribution in [2.45, 2.75) is 44.1 Å². The molecule has 0 atom stereocenters. The molecule has 2 aromatic carbocycles. The smallest absolute Gasteiger partial charge is 0.270 e. The van der Waals surface area contributed by atoms with Gasteiger partial charge in [0.25, 0.3) is 5.91 Å². The third-order valence-electron chi connectivity index (χ3n) is 8.34. The van der Waals surface area contributed by atoms with Crippen molar-refractivity contribution in [3.63, 3.8) is 0 Å². The molecule has 6 nitrogen and oxygen atoms in total. The van der Waals surface area contributed by atoms with Crippen LogP contribution in [0.2, 0.25) is 0 Å². The Morgan fingerprint density at radius 1 is 1.17 bits per heavy atom. The molecule has 1 aromatic heterocycles. The fourth-order valence-electron chi connectivity index (χ4n) is 6.13. The van der Waals surface area contributed by atoms with Crippen molar-refractivity contribution >= 4 is 22.7 Å². The molecule has 182 valence electrons. The van der Waals surface area contributed by atoms with Gasteiger partial charge in [-0.3, -0.25) is 9.59 Å². The first kappa shape index (κ1) is 22.1. The second-order valence-corrected chi connectivity index (χ2v) is 10.3. The zero-order chi connectivity index (χ0) is 24.2. The Balaban J connectivity index is 1.39. The lowest BCUT2D eigenvalue weighted by molar-refractivity contribution is -0.140. The topological polar surface area (TPSA) is 65.6 Å². The van der Waals surface area contributed by atoms with E-state index in [1.165, 1.54) is 6.07 Å². The predicted octanol–water partition coefficient (Wildman–Crippen LogP) is 4.63. The van der Waals surface area contributed by atoms with E-state index in [1.54, 1.807) is 30.2 Å². The van der Waals surface area contributed by atoms with E-state index in [4.69, 9.17) is 4.74 Å². The third kappa shape index (κ3) is 3.60. The molecule has 7 heteroatoms. The van der Waals surface area contributed by atoms with Crippen LogP contribution < -0.4 is 4.74 Å². The minimum atomic E-state index is -0.303. The van der Waals surface area contributed by atoms with Gasteiger partial charge in [-0.25, -0.2) is 4.39 Å². The summed E-state index contributed by atoms with van der Waals surface area (Å²) in [4.78, 5) is 33.8. The predicted molar refractivity (Wildman–Crippen MR) is 131 cm³/mol. The number of hydrogen-bond acceptors (Lipinski definition) is 3. The van der Waals surface area contributed by atoms with Gasteiger partial charge < -0.3 is 19.5 Å². The highest BCUT2D eigenvalue weighted by Crippen LogP contribution is 2.46. The first-order valence-corrected chi connectivity index (χ1v) is 12.5. The molecule has 1 aliphatic carbocycles. The molecule has 1 saturated heterocycles. The lowest BCUT2D eigenvalue weighted by atomic mass is 9.69. The van der Waals surface area contributed by atoms with Crippen LogP contribution in [0.1, 0.15) is 53.7 Å². The molecule has 0 bridgehead atoms. The van der Waals surface area contributed by atoms with Crippen LogP contribution in [0, 0.1) is 11.7 Å². The second-order valence-electron chi connectivity index (χ2n) is 10.3. The fraction of sp³-hybridized carbons (Fsp3) is 0.429. The van der Waals surface area contributed by atoms with Crippen LogP contribution in [0.3, 0.4) is 0 Å². The Morgan fingerprint density at radius 2 is 1.94 bits per heavy atom. The molecular formula is C28H30FN3O3. The summed E-state index contributed by atoms with van der Waals surface area (Å²) in [5.74, 6) is 0.775. The van der Waals surface area contributed by atoms with Crippen LogP contribution >= 0.6 is 0 Å². The van der Waals surface area contributed by atoms with Gasteiger partial charge in [0.05, 0.1) is 7.11 Å². The summed E-state index contributed by atoms with van der Waals surface area (Å²) in [5.41, 5.74) is 2.70. The van der Waals surface area contributed by atoms with Crippen LogP contribution in [-0.2, 0) is 16.8 Å². The molecule has 3 aromatic rings. The lowest BCUT2D eigenvalue weighted by Gasteiger charge is -2.48. The highest BCUT2D eigenvalue weighted by atomic mass is 19.1. The molecule has 35 heavy (non-hydrogen) atoms. The number of carbonyl (C=O) groups is 2. The molecule has 3 aliphatic rings. The van der Waals surface area contributed by atoms with E-state index in [1.807, 2.05) is 23.1 Å². The number of methoxy groups -OCH3 is 1. The average Bonchev–Trinajstić information content (AvgIpc) is 3.23. The first-order valence-electron chi connectivity index (χ1n) is 12.5. The van der Waals surface area contributed by atoms with Gasteiger partial charge in [0.1, 0.15) is 17.3 Å². The first-order chi connectivity index (χ1) is 17.0. The number of aromatic amines is 1. The number of nitrogens with zero attached hydrogens (tertiary/aromatic N) is 2. The third-order valence-corrected chi connectivity index (χ3v) is 8.34. The Morgan fingerprint density at radius 3 is 2.63 bits per heavy atom. The van der Waals surface area contributed by atoms with E-state index in [2.05, 4.69) is 4.98 Å².